The van der Waals surface area contributed by atoms with Crippen molar-refractivity contribution >= 4 is 17.0 Å². The van der Waals surface area contributed by atoms with Crippen LogP contribution >= 0.6 is 0 Å². The zero-order valence-electron chi connectivity index (χ0n) is 23.8. The molecule has 222 valence electrons. The first-order chi connectivity index (χ1) is 21.5. The Hall–Kier alpha value is -5.19. The minimum absolute atomic E-state index is 0.0415. The number of ether oxygens (including phenoxy) is 3. The third-order valence-corrected chi connectivity index (χ3v) is 7.82. The molecule has 5 heterocycles. The maximum atomic E-state index is 14.2. The number of benzene rings is 2. The number of nitriles is 1. The quantitative estimate of drug-likeness (QED) is 0.233. The number of nitrogens with zero attached hydrogens (tertiary/aromatic N) is 8. The Balaban J connectivity index is 1.05. The Morgan fingerprint density at radius 3 is 2.82 bits per heavy atom. The summed E-state index contributed by atoms with van der Waals surface area (Å²) in [5.41, 5.74) is 4.71. The van der Waals surface area contributed by atoms with Crippen LogP contribution in [0.5, 0.6) is 5.88 Å². The first kappa shape index (κ1) is 27.6. The van der Waals surface area contributed by atoms with Gasteiger partial charge in [-0.1, -0.05) is 6.07 Å². The van der Waals surface area contributed by atoms with Gasteiger partial charge in [0, 0.05) is 49.3 Å². The molecule has 12 nitrogen and oxygen atoms in total. The average molecular weight is 595 g/mol. The molecule has 0 N–H and O–H groups in total. The van der Waals surface area contributed by atoms with Crippen LogP contribution in [0.1, 0.15) is 45.0 Å². The highest BCUT2D eigenvalue weighted by atomic mass is 19.1. The van der Waals surface area contributed by atoms with Crippen LogP contribution in [0.2, 0.25) is 0 Å². The molecule has 0 bridgehead atoms. The van der Waals surface area contributed by atoms with E-state index < -0.39 is 5.82 Å². The van der Waals surface area contributed by atoms with Gasteiger partial charge >= 0.3 is 5.97 Å². The van der Waals surface area contributed by atoms with Crippen LogP contribution < -0.4 is 4.74 Å². The van der Waals surface area contributed by atoms with Gasteiger partial charge in [-0.05, 0) is 36.8 Å². The number of halogens is 1. The number of carbonyl (C=O) groups excluding carboxylic acids is 1. The molecular weight excluding hydrogens is 567 g/mol. The Kier molecular flexibility index (Phi) is 7.21. The van der Waals surface area contributed by atoms with E-state index in [9.17, 15) is 9.18 Å². The first-order valence-corrected chi connectivity index (χ1v) is 14.1. The summed E-state index contributed by atoms with van der Waals surface area (Å²) in [6.07, 6.45) is 4.57. The van der Waals surface area contributed by atoms with E-state index in [1.54, 1.807) is 29.1 Å². The standard InChI is InChI=1S/C31H27FN8O4/c1-42-30(41)20-4-5-25-27(11-20)39(15-23-7-9-43-23)28(35-25)17-38-13-22-14-40(37-26(22)16-38)31-34-8-6-29(36-31)44-18-21-3-2-19(12-33)10-24(21)32/h2-6,8,10-11,14,23H,7,9,13,15-18H2,1H3/t23-/m0/s1. The van der Waals surface area contributed by atoms with Crippen LogP contribution in [-0.2, 0) is 42.3 Å². The smallest absolute Gasteiger partial charge is 0.337 e. The number of hydrogen-bond donors (Lipinski definition) is 0. The van der Waals surface area contributed by atoms with E-state index in [0.717, 1.165) is 41.1 Å². The third kappa shape index (κ3) is 5.36. The second-order valence-corrected chi connectivity index (χ2v) is 10.7. The number of imidazole rings is 1. The van der Waals surface area contributed by atoms with Crippen molar-refractivity contribution < 1.29 is 23.4 Å². The van der Waals surface area contributed by atoms with Crippen molar-refractivity contribution in [3.05, 3.63) is 94.4 Å². The average Bonchev–Trinajstić information content (AvgIpc) is 3.69. The van der Waals surface area contributed by atoms with Crippen molar-refractivity contribution in [1.82, 2.24) is 34.2 Å². The van der Waals surface area contributed by atoms with Gasteiger partial charge in [0.1, 0.15) is 18.2 Å². The van der Waals surface area contributed by atoms with E-state index in [1.807, 2.05) is 24.4 Å². The van der Waals surface area contributed by atoms with Crippen molar-refractivity contribution in [1.29, 1.82) is 5.26 Å². The van der Waals surface area contributed by atoms with Crippen LogP contribution in [0, 0.1) is 17.1 Å². The predicted molar refractivity (Wildman–Crippen MR) is 153 cm³/mol. The zero-order chi connectivity index (χ0) is 30.2. The highest BCUT2D eigenvalue weighted by Crippen LogP contribution is 2.27. The summed E-state index contributed by atoms with van der Waals surface area (Å²) < 4.78 is 34.4. The fourth-order valence-corrected chi connectivity index (χ4v) is 5.42. The predicted octanol–water partition coefficient (Wildman–Crippen LogP) is 3.69. The monoisotopic (exact) mass is 594 g/mol. The van der Waals surface area contributed by atoms with E-state index in [2.05, 4.69) is 19.4 Å². The molecule has 0 saturated carbocycles. The highest BCUT2D eigenvalue weighted by Gasteiger charge is 2.27. The first-order valence-electron chi connectivity index (χ1n) is 14.1. The molecule has 0 aliphatic carbocycles. The number of rotatable bonds is 9. The molecule has 1 atom stereocenters. The summed E-state index contributed by atoms with van der Waals surface area (Å²) in [7, 11) is 1.37. The summed E-state index contributed by atoms with van der Waals surface area (Å²) in [6.45, 7) is 3.25. The molecule has 5 aromatic rings. The number of esters is 1. The van der Waals surface area contributed by atoms with Gasteiger partial charge in [0.15, 0.2) is 0 Å². The van der Waals surface area contributed by atoms with Gasteiger partial charge in [0.05, 0.1) is 60.2 Å². The lowest BCUT2D eigenvalue weighted by Gasteiger charge is -2.28. The second kappa shape index (κ2) is 11.5. The lowest BCUT2D eigenvalue weighted by atomic mass is 10.1. The van der Waals surface area contributed by atoms with Gasteiger partial charge in [0.2, 0.25) is 5.88 Å². The minimum atomic E-state index is -0.510. The zero-order valence-corrected chi connectivity index (χ0v) is 23.8. The van der Waals surface area contributed by atoms with Gasteiger partial charge in [-0.2, -0.15) is 15.3 Å². The summed E-state index contributed by atoms with van der Waals surface area (Å²) in [5, 5.41) is 13.7. The van der Waals surface area contributed by atoms with E-state index in [1.165, 1.54) is 19.2 Å². The van der Waals surface area contributed by atoms with Crippen LogP contribution in [-0.4, -0.2) is 60.0 Å². The van der Waals surface area contributed by atoms with Gasteiger partial charge in [-0.15, -0.1) is 0 Å². The van der Waals surface area contributed by atoms with Gasteiger partial charge in [-0.25, -0.2) is 23.8 Å². The number of hydrogen-bond acceptors (Lipinski definition) is 10. The number of fused-ring (bicyclic) bond motifs is 2. The largest absolute Gasteiger partial charge is 0.473 e. The maximum Gasteiger partial charge on any atom is 0.337 e. The van der Waals surface area contributed by atoms with E-state index in [0.29, 0.717) is 43.3 Å². The molecule has 7 rings (SSSR count). The Morgan fingerprint density at radius 2 is 2.07 bits per heavy atom. The Morgan fingerprint density at radius 1 is 1.18 bits per heavy atom. The van der Waals surface area contributed by atoms with Gasteiger partial charge in [-0.3, -0.25) is 4.90 Å². The molecule has 3 aromatic heterocycles. The van der Waals surface area contributed by atoms with E-state index in [-0.39, 0.29) is 30.1 Å². The summed E-state index contributed by atoms with van der Waals surface area (Å²) in [6, 6.07) is 13.2. The molecule has 0 amide bonds. The molecule has 1 fully saturated rings. The van der Waals surface area contributed by atoms with E-state index in [4.69, 9.17) is 29.6 Å². The van der Waals surface area contributed by atoms with Gasteiger partial charge in [0.25, 0.3) is 5.95 Å². The van der Waals surface area contributed by atoms with Crippen molar-refractivity contribution in [2.45, 2.75) is 45.3 Å². The molecule has 44 heavy (non-hydrogen) atoms. The lowest BCUT2D eigenvalue weighted by molar-refractivity contribution is -0.0592. The fraction of sp³-hybridized carbons (Fsp3) is 0.290. The van der Waals surface area contributed by atoms with Crippen LogP contribution in [0.15, 0.2) is 54.9 Å². The molecule has 0 spiro atoms. The van der Waals surface area contributed by atoms with Crippen LogP contribution in [0.4, 0.5) is 4.39 Å². The maximum absolute atomic E-state index is 14.2. The minimum Gasteiger partial charge on any atom is -0.473 e. The van der Waals surface area contributed by atoms with Crippen molar-refractivity contribution in [3.63, 3.8) is 0 Å². The normalized spacial score (nSPS) is 16.0. The number of carbonyl (C=O) groups is 1. The molecule has 2 aliphatic heterocycles. The topological polar surface area (TPSA) is 133 Å². The van der Waals surface area contributed by atoms with Crippen LogP contribution in [0.3, 0.4) is 0 Å². The van der Waals surface area contributed by atoms with Gasteiger partial charge < -0.3 is 18.8 Å². The SMILES string of the molecule is COC(=O)c1ccc2nc(CN3Cc4cn(-c5nccc(OCc6ccc(C#N)cc6F)n5)nc4C3)n(C[C@@H]3CCO3)c2c1. The molecule has 1 saturated heterocycles. The summed E-state index contributed by atoms with van der Waals surface area (Å²) in [4.78, 5) is 28.1. The molecule has 0 radical (unpaired) electrons. The molecular formula is C31H27FN8O4. The van der Waals surface area contributed by atoms with Crippen molar-refractivity contribution in [2.24, 2.45) is 0 Å². The van der Waals surface area contributed by atoms with E-state index >= 15 is 0 Å². The molecule has 2 aromatic carbocycles. The second-order valence-electron chi connectivity index (χ2n) is 10.7. The van der Waals surface area contributed by atoms with Crippen molar-refractivity contribution in [2.75, 3.05) is 13.7 Å². The fourth-order valence-electron chi connectivity index (χ4n) is 5.42. The Labute approximate surface area is 251 Å². The number of aromatic nitrogens is 6. The summed E-state index contributed by atoms with van der Waals surface area (Å²) >= 11 is 0. The molecule has 0 unspecified atom stereocenters. The molecule has 13 heteroatoms. The van der Waals surface area contributed by atoms with Crippen LogP contribution in [0.25, 0.3) is 17.0 Å². The highest BCUT2D eigenvalue weighted by molar-refractivity contribution is 5.93. The number of methoxy groups -OCH3 is 1. The lowest BCUT2D eigenvalue weighted by Crippen LogP contribution is -2.32. The molecule has 2 aliphatic rings. The Bertz CT molecular complexity index is 1900. The summed E-state index contributed by atoms with van der Waals surface area (Å²) in [5.74, 6) is 0.615. The van der Waals surface area contributed by atoms with Crippen molar-refractivity contribution in [3.8, 4) is 17.9 Å². The third-order valence-electron chi connectivity index (χ3n) is 7.82.